The monoisotopic (exact) mass is 347 g/mol. The third kappa shape index (κ3) is 3.75. The van der Waals surface area contributed by atoms with Crippen LogP contribution in [-0.2, 0) is 16.6 Å². The molecule has 3 rings (SSSR count). The Morgan fingerprint density at radius 1 is 1.04 bits per heavy atom. The van der Waals surface area contributed by atoms with Crippen LogP contribution in [0.3, 0.4) is 0 Å². The molecule has 1 fully saturated rings. The number of piperazine rings is 1. The van der Waals surface area contributed by atoms with Crippen molar-refractivity contribution in [2.75, 3.05) is 33.3 Å². The summed E-state index contributed by atoms with van der Waals surface area (Å²) >= 11 is 0. The van der Waals surface area contributed by atoms with E-state index in [1.54, 1.807) is 41.9 Å². The minimum atomic E-state index is -3.45. The molecule has 0 aliphatic carbocycles. The molecule has 0 unspecified atom stereocenters. The van der Waals surface area contributed by atoms with Gasteiger partial charge in [0.2, 0.25) is 10.0 Å². The maximum Gasteiger partial charge on any atom is 0.243 e. The van der Waals surface area contributed by atoms with Crippen molar-refractivity contribution >= 4 is 10.0 Å². The number of hydrogen-bond acceptors (Lipinski definition) is 5. The van der Waals surface area contributed by atoms with Crippen molar-refractivity contribution in [3.8, 4) is 5.75 Å². The van der Waals surface area contributed by atoms with Crippen molar-refractivity contribution in [2.45, 2.75) is 11.4 Å². The van der Waals surface area contributed by atoms with Gasteiger partial charge in [0.15, 0.2) is 0 Å². The van der Waals surface area contributed by atoms with E-state index in [1.807, 2.05) is 18.2 Å². The van der Waals surface area contributed by atoms with Crippen molar-refractivity contribution in [2.24, 2.45) is 0 Å². The van der Waals surface area contributed by atoms with Crippen molar-refractivity contribution < 1.29 is 13.2 Å². The fraction of sp³-hybridized carbons (Fsp3) is 0.353. The summed E-state index contributed by atoms with van der Waals surface area (Å²) in [6, 6.07) is 12.4. The van der Waals surface area contributed by atoms with E-state index in [4.69, 9.17) is 4.74 Å². The molecule has 1 saturated heterocycles. The lowest BCUT2D eigenvalue weighted by Gasteiger charge is -2.33. The zero-order chi connectivity index (χ0) is 17.0. The highest BCUT2D eigenvalue weighted by Gasteiger charge is 2.28. The van der Waals surface area contributed by atoms with E-state index >= 15 is 0 Å². The molecule has 7 heteroatoms. The van der Waals surface area contributed by atoms with Gasteiger partial charge in [0.05, 0.1) is 17.7 Å². The second kappa shape index (κ2) is 7.29. The van der Waals surface area contributed by atoms with Gasteiger partial charge in [0, 0.05) is 38.9 Å². The lowest BCUT2D eigenvalue weighted by atomic mass is 10.3. The summed E-state index contributed by atoms with van der Waals surface area (Å²) < 4.78 is 32.0. The maximum absolute atomic E-state index is 12.7. The number of pyridine rings is 1. The Bertz CT molecular complexity index is 755. The molecule has 1 aromatic carbocycles. The van der Waals surface area contributed by atoms with Gasteiger partial charge in [-0.25, -0.2) is 8.42 Å². The minimum absolute atomic E-state index is 0.307. The molecule has 1 aliphatic heterocycles. The standard InChI is InChI=1S/C17H21N3O3S/c1-23-16-5-7-17(8-6-16)24(21,22)20-12-10-19(11-13-20)14-15-4-2-3-9-18-15/h2-9H,10-14H2,1H3. The van der Waals surface area contributed by atoms with E-state index < -0.39 is 10.0 Å². The van der Waals surface area contributed by atoms with Gasteiger partial charge in [-0.2, -0.15) is 4.31 Å². The molecule has 6 nitrogen and oxygen atoms in total. The van der Waals surface area contributed by atoms with Gasteiger partial charge >= 0.3 is 0 Å². The van der Waals surface area contributed by atoms with E-state index in [-0.39, 0.29) is 0 Å². The quantitative estimate of drug-likeness (QED) is 0.822. The van der Waals surface area contributed by atoms with Crippen molar-refractivity contribution in [3.63, 3.8) is 0 Å². The van der Waals surface area contributed by atoms with Crippen LogP contribution in [0.2, 0.25) is 0 Å². The number of rotatable bonds is 5. The van der Waals surface area contributed by atoms with E-state index in [2.05, 4.69) is 9.88 Å². The number of sulfonamides is 1. The summed E-state index contributed by atoms with van der Waals surface area (Å²) in [7, 11) is -1.89. The summed E-state index contributed by atoms with van der Waals surface area (Å²) in [5.41, 5.74) is 1.00. The summed E-state index contributed by atoms with van der Waals surface area (Å²) in [6.07, 6.45) is 1.78. The molecular weight excluding hydrogens is 326 g/mol. The number of nitrogens with zero attached hydrogens (tertiary/aromatic N) is 3. The zero-order valence-corrected chi connectivity index (χ0v) is 14.4. The first-order valence-corrected chi connectivity index (χ1v) is 9.30. The lowest BCUT2D eigenvalue weighted by molar-refractivity contribution is 0.180. The number of benzene rings is 1. The smallest absolute Gasteiger partial charge is 0.243 e. The summed E-state index contributed by atoms with van der Waals surface area (Å²) in [6.45, 7) is 3.12. The molecule has 0 radical (unpaired) electrons. The van der Waals surface area contributed by atoms with Gasteiger partial charge in [-0.05, 0) is 36.4 Å². The summed E-state index contributed by atoms with van der Waals surface area (Å²) in [5, 5.41) is 0. The molecule has 0 saturated carbocycles. The molecule has 1 aliphatic rings. The highest BCUT2D eigenvalue weighted by molar-refractivity contribution is 7.89. The largest absolute Gasteiger partial charge is 0.497 e. The van der Waals surface area contributed by atoms with Gasteiger partial charge < -0.3 is 4.74 Å². The number of methoxy groups -OCH3 is 1. The highest BCUT2D eigenvalue weighted by Crippen LogP contribution is 2.21. The average molecular weight is 347 g/mol. The van der Waals surface area contributed by atoms with E-state index in [0.717, 1.165) is 12.2 Å². The molecule has 0 bridgehead atoms. The first-order valence-electron chi connectivity index (χ1n) is 7.86. The van der Waals surface area contributed by atoms with Crippen LogP contribution in [0.4, 0.5) is 0 Å². The fourth-order valence-electron chi connectivity index (χ4n) is 2.75. The van der Waals surface area contributed by atoms with E-state index in [0.29, 0.717) is 36.8 Å². The Kier molecular flexibility index (Phi) is 5.13. The Hall–Kier alpha value is -1.96. The number of aromatic nitrogens is 1. The van der Waals surface area contributed by atoms with Crippen LogP contribution in [0, 0.1) is 0 Å². The lowest BCUT2D eigenvalue weighted by Crippen LogP contribution is -2.48. The van der Waals surface area contributed by atoms with Crippen LogP contribution in [0.5, 0.6) is 5.75 Å². The van der Waals surface area contributed by atoms with Crippen LogP contribution in [0.1, 0.15) is 5.69 Å². The van der Waals surface area contributed by atoms with Crippen molar-refractivity contribution in [1.82, 2.24) is 14.2 Å². The third-order valence-electron chi connectivity index (χ3n) is 4.14. The molecule has 0 spiro atoms. The molecular formula is C17H21N3O3S. The fourth-order valence-corrected chi connectivity index (χ4v) is 4.17. The summed E-state index contributed by atoms with van der Waals surface area (Å²) in [5.74, 6) is 0.647. The molecule has 0 N–H and O–H groups in total. The average Bonchev–Trinajstić information content (AvgIpc) is 2.63. The van der Waals surface area contributed by atoms with Gasteiger partial charge in [0.25, 0.3) is 0 Å². The summed E-state index contributed by atoms with van der Waals surface area (Å²) in [4.78, 5) is 6.85. The second-order valence-electron chi connectivity index (χ2n) is 5.68. The Morgan fingerprint density at radius 2 is 1.75 bits per heavy atom. The van der Waals surface area contributed by atoms with Crippen LogP contribution in [0.15, 0.2) is 53.6 Å². The molecule has 0 atom stereocenters. The van der Waals surface area contributed by atoms with Gasteiger partial charge in [-0.1, -0.05) is 6.07 Å². The molecule has 1 aromatic heterocycles. The SMILES string of the molecule is COc1ccc(S(=O)(=O)N2CCN(Cc3ccccn3)CC2)cc1. The molecule has 2 aromatic rings. The predicted octanol–water partition coefficient (Wildman–Crippen LogP) is 1.60. The normalized spacial score (nSPS) is 16.9. The minimum Gasteiger partial charge on any atom is -0.497 e. The van der Waals surface area contributed by atoms with Crippen LogP contribution < -0.4 is 4.74 Å². The van der Waals surface area contributed by atoms with Crippen molar-refractivity contribution in [3.05, 3.63) is 54.4 Å². The van der Waals surface area contributed by atoms with Gasteiger partial charge in [-0.3, -0.25) is 9.88 Å². The second-order valence-corrected chi connectivity index (χ2v) is 7.61. The first-order chi connectivity index (χ1) is 11.6. The number of hydrogen-bond donors (Lipinski definition) is 0. The highest BCUT2D eigenvalue weighted by atomic mass is 32.2. The Morgan fingerprint density at radius 3 is 2.33 bits per heavy atom. The number of ether oxygens (including phenoxy) is 1. The molecule has 128 valence electrons. The first kappa shape index (κ1) is 16.9. The maximum atomic E-state index is 12.7. The van der Waals surface area contributed by atoms with Gasteiger partial charge in [0.1, 0.15) is 5.75 Å². The topological polar surface area (TPSA) is 62.7 Å². The Labute approximate surface area is 142 Å². The molecule has 2 heterocycles. The van der Waals surface area contributed by atoms with E-state index in [1.165, 1.54) is 0 Å². The third-order valence-corrected chi connectivity index (χ3v) is 6.05. The van der Waals surface area contributed by atoms with Crippen LogP contribution >= 0.6 is 0 Å². The predicted molar refractivity (Wildman–Crippen MR) is 91.3 cm³/mol. The van der Waals surface area contributed by atoms with Crippen LogP contribution in [0.25, 0.3) is 0 Å². The van der Waals surface area contributed by atoms with Gasteiger partial charge in [-0.15, -0.1) is 0 Å². The van der Waals surface area contributed by atoms with Crippen LogP contribution in [-0.4, -0.2) is 55.9 Å². The zero-order valence-electron chi connectivity index (χ0n) is 13.6. The van der Waals surface area contributed by atoms with E-state index in [9.17, 15) is 8.42 Å². The molecule has 0 amide bonds. The molecule has 24 heavy (non-hydrogen) atoms. The Balaban J connectivity index is 1.62. The van der Waals surface area contributed by atoms with Crippen molar-refractivity contribution in [1.29, 1.82) is 0 Å².